The van der Waals surface area contributed by atoms with Crippen molar-refractivity contribution in [2.45, 2.75) is 31.2 Å². The first-order chi connectivity index (χ1) is 23.2. The number of aliphatic carboxylic acids is 1. The predicted molar refractivity (Wildman–Crippen MR) is 179 cm³/mol. The van der Waals surface area contributed by atoms with Crippen molar-refractivity contribution in [1.29, 1.82) is 0 Å². The van der Waals surface area contributed by atoms with Crippen LogP contribution < -0.4 is 10.2 Å². The molecule has 0 saturated heterocycles. The topological polar surface area (TPSA) is 143 Å². The number of rotatable bonds is 13. The Kier molecular flexibility index (Phi) is 10.7. The number of likely N-dealkylation sites (N-methyl/N-ethyl adjacent to an activating group) is 1. The van der Waals surface area contributed by atoms with Gasteiger partial charge < -0.3 is 24.8 Å². The van der Waals surface area contributed by atoms with Crippen LogP contribution in [0.1, 0.15) is 36.3 Å². The van der Waals surface area contributed by atoms with E-state index in [2.05, 4.69) is 10.1 Å². The van der Waals surface area contributed by atoms with Crippen LogP contribution in [0.2, 0.25) is 0 Å². The van der Waals surface area contributed by atoms with Crippen molar-refractivity contribution in [3.63, 3.8) is 0 Å². The number of anilines is 1. The van der Waals surface area contributed by atoms with E-state index in [1.165, 1.54) is 14.2 Å². The predicted octanol–water partition coefficient (Wildman–Crippen LogP) is 4.97. The lowest BCUT2D eigenvalue weighted by atomic mass is 9.98. The molecule has 4 aromatic rings. The Bertz CT molecular complexity index is 1790. The summed E-state index contributed by atoms with van der Waals surface area (Å²) in [6.45, 7) is -0.604. The summed E-state index contributed by atoms with van der Waals surface area (Å²) >= 11 is 0. The maximum atomic E-state index is 13.5. The fourth-order valence-electron chi connectivity index (χ4n) is 6.03. The van der Waals surface area contributed by atoms with Crippen LogP contribution in [0.15, 0.2) is 91.0 Å². The molecule has 0 heterocycles. The molecular formula is C37H37N3O8. The van der Waals surface area contributed by atoms with Gasteiger partial charge in [-0.3, -0.25) is 24.1 Å². The normalized spacial score (nSPS) is 12.4. The molecule has 1 aliphatic rings. The van der Waals surface area contributed by atoms with Crippen LogP contribution in [0, 0.1) is 0 Å². The summed E-state index contributed by atoms with van der Waals surface area (Å²) < 4.78 is 10.4. The van der Waals surface area contributed by atoms with Crippen molar-refractivity contribution in [2.24, 2.45) is 0 Å². The number of carbonyl (C=O) groups excluding carboxylic acids is 4. The lowest BCUT2D eigenvalue weighted by molar-refractivity contribution is -0.140. The third-order valence-electron chi connectivity index (χ3n) is 8.52. The Morgan fingerprint density at radius 2 is 1.46 bits per heavy atom. The smallest absolute Gasteiger partial charge is 0.410 e. The second-order valence-corrected chi connectivity index (χ2v) is 11.5. The zero-order chi connectivity index (χ0) is 34.2. The summed E-state index contributed by atoms with van der Waals surface area (Å²) in [6, 6.07) is 27.4. The van der Waals surface area contributed by atoms with Gasteiger partial charge in [-0.05, 0) is 51.6 Å². The average Bonchev–Trinajstić information content (AvgIpc) is 3.42. The van der Waals surface area contributed by atoms with Crippen LogP contribution in [0.3, 0.4) is 0 Å². The zero-order valence-corrected chi connectivity index (χ0v) is 26.8. The molecule has 0 spiro atoms. The van der Waals surface area contributed by atoms with Crippen molar-refractivity contribution in [3.8, 4) is 11.1 Å². The van der Waals surface area contributed by atoms with Crippen LogP contribution in [0.25, 0.3) is 21.9 Å². The van der Waals surface area contributed by atoms with E-state index in [4.69, 9.17) is 4.74 Å². The third-order valence-corrected chi connectivity index (χ3v) is 8.52. The molecule has 0 bridgehead atoms. The van der Waals surface area contributed by atoms with Gasteiger partial charge >= 0.3 is 18.0 Å². The minimum absolute atomic E-state index is 0.0289. The van der Waals surface area contributed by atoms with Gasteiger partial charge in [-0.25, -0.2) is 4.79 Å². The van der Waals surface area contributed by atoms with E-state index < -0.39 is 42.4 Å². The van der Waals surface area contributed by atoms with Gasteiger partial charge in [0.15, 0.2) is 0 Å². The van der Waals surface area contributed by atoms with Gasteiger partial charge in [0.25, 0.3) is 0 Å². The number of ether oxygens (including phenoxy) is 2. The summed E-state index contributed by atoms with van der Waals surface area (Å²) in [5.41, 5.74) is 4.60. The Hall–Kier alpha value is -5.71. The molecule has 0 fully saturated rings. The van der Waals surface area contributed by atoms with Gasteiger partial charge in [-0.15, -0.1) is 0 Å². The minimum Gasteiger partial charge on any atom is -0.480 e. The minimum atomic E-state index is -1.20. The Labute approximate surface area is 278 Å². The van der Waals surface area contributed by atoms with Crippen LogP contribution >= 0.6 is 0 Å². The first kappa shape index (κ1) is 33.6. The van der Waals surface area contributed by atoms with E-state index in [9.17, 15) is 29.1 Å². The van der Waals surface area contributed by atoms with Crippen molar-refractivity contribution < 1.29 is 38.6 Å². The highest BCUT2D eigenvalue weighted by Crippen LogP contribution is 2.44. The number of nitrogens with one attached hydrogen (secondary N) is 1. The number of esters is 1. The van der Waals surface area contributed by atoms with Crippen LogP contribution in [0.5, 0.6) is 0 Å². The molecular weight excluding hydrogens is 614 g/mol. The van der Waals surface area contributed by atoms with E-state index >= 15 is 0 Å². The van der Waals surface area contributed by atoms with Gasteiger partial charge in [0.1, 0.15) is 19.2 Å². The average molecular weight is 652 g/mol. The lowest BCUT2D eigenvalue weighted by Crippen LogP contribution is -2.49. The largest absolute Gasteiger partial charge is 0.480 e. The van der Waals surface area contributed by atoms with Gasteiger partial charge in [-0.2, -0.15) is 0 Å². The number of carboxylic acid groups (broad SMARTS) is 1. The number of hydrogen-bond donors (Lipinski definition) is 2. The van der Waals surface area contributed by atoms with Crippen LogP contribution in [0.4, 0.5) is 10.5 Å². The maximum Gasteiger partial charge on any atom is 0.410 e. The molecule has 1 atom stereocenters. The summed E-state index contributed by atoms with van der Waals surface area (Å²) in [4.78, 5) is 66.1. The number of carboxylic acids is 1. The quantitative estimate of drug-likeness (QED) is 0.193. The van der Waals surface area contributed by atoms with Crippen LogP contribution in [-0.2, 0) is 28.7 Å². The molecule has 11 nitrogen and oxygen atoms in total. The number of hydrogen-bond acceptors (Lipinski definition) is 7. The summed E-state index contributed by atoms with van der Waals surface area (Å²) in [5, 5.41) is 14.0. The monoisotopic (exact) mass is 651 g/mol. The first-order valence-corrected chi connectivity index (χ1v) is 15.6. The number of carbonyl (C=O) groups is 5. The van der Waals surface area contributed by atoms with Crippen LogP contribution in [-0.4, -0.2) is 79.7 Å². The first-order valence-electron chi connectivity index (χ1n) is 15.6. The molecule has 5 rings (SSSR count). The Morgan fingerprint density at radius 1 is 0.833 bits per heavy atom. The summed E-state index contributed by atoms with van der Waals surface area (Å²) in [7, 11) is 2.65. The Balaban J connectivity index is 1.31. The van der Waals surface area contributed by atoms with E-state index in [1.807, 2.05) is 72.8 Å². The number of fused-ring (bicyclic) bond motifs is 4. The van der Waals surface area contributed by atoms with E-state index in [0.717, 1.165) is 42.8 Å². The highest BCUT2D eigenvalue weighted by Gasteiger charge is 2.33. The zero-order valence-electron chi connectivity index (χ0n) is 26.8. The molecule has 0 radical (unpaired) electrons. The van der Waals surface area contributed by atoms with E-state index in [0.29, 0.717) is 5.69 Å². The van der Waals surface area contributed by atoms with Crippen molar-refractivity contribution in [1.82, 2.24) is 10.2 Å². The van der Waals surface area contributed by atoms with E-state index in [-0.39, 0.29) is 38.3 Å². The van der Waals surface area contributed by atoms with Gasteiger partial charge in [0, 0.05) is 31.6 Å². The number of methoxy groups -OCH3 is 1. The maximum absolute atomic E-state index is 13.5. The molecule has 2 N–H and O–H groups in total. The van der Waals surface area contributed by atoms with Crippen molar-refractivity contribution in [2.75, 3.05) is 38.8 Å². The highest BCUT2D eigenvalue weighted by atomic mass is 16.6. The molecule has 48 heavy (non-hydrogen) atoms. The highest BCUT2D eigenvalue weighted by molar-refractivity contribution is 6.00. The summed E-state index contributed by atoms with van der Waals surface area (Å²) in [5.74, 6) is -3.06. The van der Waals surface area contributed by atoms with Gasteiger partial charge in [0.05, 0.1) is 13.5 Å². The standard InChI is InChI=1S/C37H37N3O8/c1-39(37(46)48-23-31-29-13-7-5-11-27(29)28-12-6-8-14-30(28)31)32(36(45)38-20-19-35(44)47-2)17-18-33(41)40(22-34(42)43)26-16-15-24-9-3-4-10-25(24)21-26/h3-16,21,31-32H,17-20,22-23H2,1-2H3,(H,38,45)(H,42,43)/t32-/m0/s1. The number of amides is 3. The molecule has 11 heteroatoms. The molecule has 4 aromatic carbocycles. The van der Waals surface area contributed by atoms with Gasteiger partial charge in [0.2, 0.25) is 11.8 Å². The molecule has 0 aliphatic heterocycles. The molecule has 248 valence electrons. The number of nitrogens with zero attached hydrogens (tertiary/aromatic N) is 2. The molecule has 3 amide bonds. The second-order valence-electron chi connectivity index (χ2n) is 11.5. The summed E-state index contributed by atoms with van der Waals surface area (Å²) in [6.07, 6.45) is -1.24. The molecule has 0 saturated carbocycles. The molecule has 1 aliphatic carbocycles. The fourth-order valence-corrected chi connectivity index (χ4v) is 6.03. The fraction of sp³-hybridized carbons (Fsp3) is 0.270. The molecule has 0 aromatic heterocycles. The lowest BCUT2D eigenvalue weighted by Gasteiger charge is -2.28. The van der Waals surface area contributed by atoms with Crippen molar-refractivity contribution in [3.05, 3.63) is 102 Å². The SMILES string of the molecule is COC(=O)CCNC(=O)[C@H](CCC(=O)N(CC(=O)O)c1ccc2ccccc2c1)N(C)C(=O)OCC1c2ccccc2-c2ccccc21. The third kappa shape index (κ3) is 7.63. The Morgan fingerprint density at radius 3 is 2.10 bits per heavy atom. The van der Waals surface area contributed by atoms with E-state index in [1.54, 1.807) is 18.2 Å². The molecule has 0 unspecified atom stereocenters. The van der Waals surface area contributed by atoms with Crippen molar-refractivity contribution >= 4 is 46.3 Å². The number of benzene rings is 4. The van der Waals surface area contributed by atoms with Gasteiger partial charge in [-0.1, -0.05) is 78.9 Å². The second kappa shape index (κ2) is 15.3.